The molecule has 0 saturated carbocycles. The van der Waals surface area contributed by atoms with Crippen molar-refractivity contribution in [2.75, 3.05) is 29.2 Å². The molecule has 0 unspecified atom stereocenters. The third-order valence-electron chi connectivity index (χ3n) is 1.78. The molecule has 0 amide bonds. The van der Waals surface area contributed by atoms with Crippen molar-refractivity contribution in [3.05, 3.63) is 18.2 Å². The van der Waals surface area contributed by atoms with E-state index >= 15 is 0 Å². The van der Waals surface area contributed by atoms with Crippen molar-refractivity contribution >= 4 is 33.0 Å². The van der Waals surface area contributed by atoms with Gasteiger partial charge in [-0.2, -0.15) is 0 Å². The van der Waals surface area contributed by atoms with Gasteiger partial charge in [-0.05, 0) is 18.2 Å². The van der Waals surface area contributed by atoms with Crippen LogP contribution in [0.4, 0.5) is 11.4 Å². The third kappa shape index (κ3) is 4.44. The second-order valence-electron chi connectivity index (χ2n) is 3.27. The highest BCUT2D eigenvalue weighted by molar-refractivity contribution is 8.00. The number of thioether (sulfide) groups is 1. The van der Waals surface area contributed by atoms with Gasteiger partial charge in [0.2, 0.25) is 0 Å². The summed E-state index contributed by atoms with van der Waals surface area (Å²) < 4.78 is 21.8. The van der Waals surface area contributed by atoms with Gasteiger partial charge in [0.05, 0.1) is 17.1 Å². The van der Waals surface area contributed by atoms with Crippen LogP contribution in [-0.2, 0) is 9.84 Å². The summed E-state index contributed by atoms with van der Waals surface area (Å²) in [6.07, 6.45) is 1.23. The molecule has 0 fully saturated rings. The molecule has 0 heterocycles. The first-order valence-corrected chi connectivity index (χ1v) is 7.38. The lowest BCUT2D eigenvalue weighted by Gasteiger charge is -2.04. The Morgan fingerprint density at radius 2 is 1.93 bits per heavy atom. The monoisotopic (exact) mass is 246 g/mol. The van der Waals surface area contributed by atoms with Gasteiger partial charge in [0.1, 0.15) is 9.84 Å². The molecule has 0 aromatic heterocycles. The highest BCUT2D eigenvalue weighted by Crippen LogP contribution is 2.24. The fourth-order valence-electron chi connectivity index (χ4n) is 0.954. The van der Waals surface area contributed by atoms with Gasteiger partial charge in [0.25, 0.3) is 0 Å². The number of hydrogen-bond acceptors (Lipinski definition) is 5. The first kappa shape index (κ1) is 12.2. The minimum absolute atomic E-state index is 0.169. The number of sulfone groups is 1. The van der Waals surface area contributed by atoms with Gasteiger partial charge in [-0.3, -0.25) is 0 Å². The predicted molar refractivity (Wildman–Crippen MR) is 65.7 cm³/mol. The van der Waals surface area contributed by atoms with Crippen LogP contribution in [0.25, 0.3) is 0 Å². The summed E-state index contributed by atoms with van der Waals surface area (Å²) in [7, 11) is -2.89. The topological polar surface area (TPSA) is 86.2 Å². The van der Waals surface area contributed by atoms with E-state index in [2.05, 4.69) is 0 Å². The van der Waals surface area contributed by atoms with Crippen LogP contribution in [0.1, 0.15) is 0 Å². The highest BCUT2D eigenvalue weighted by atomic mass is 32.2. The Morgan fingerprint density at radius 1 is 1.27 bits per heavy atom. The Hall–Kier alpha value is -0.880. The van der Waals surface area contributed by atoms with Crippen molar-refractivity contribution in [1.29, 1.82) is 0 Å². The van der Waals surface area contributed by atoms with Gasteiger partial charge < -0.3 is 11.5 Å². The van der Waals surface area contributed by atoms with E-state index < -0.39 is 9.84 Å². The van der Waals surface area contributed by atoms with Gasteiger partial charge in [-0.25, -0.2) is 8.42 Å². The molecule has 0 spiro atoms. The van der Waals surface area contributed by atoms with Crippen LogP contribution >= 0.6 is 11.8 Å². The van der Waals surface area contributed by atoms with Crippen LogP contribution in [0.15, 0.2) is 23.1 Å². The summed E-state index contributed by atoms with van der Waals surface area (Å²) in [6.45, 7) is 0. The van der Waals surface area contributed by atoms with E-state index in [9.17, 15) is 8.42 Å². The van der Waals surface area contributed by atoms with Crippen LogP contribution in [0, 0.1) is 0 Å². The predicted octanol–water partition coefficient (Wildman–Crippen LogP) is 0.988. The molecule has 6 heteroatoms. The average Bonchev–Trinajstić information content (AvgIpc) is 2.09. The standard InChI is InChI=1S/C9H14N2O2S2/c1-15(12,13)5-4-14-7-2-3-8(10)9(11)6-7/h2-3,6H,4-5,10-11H2,1H3. The molecule has 0 aliphatic rings. The smallest absolute Gasteiger partial charge is 0.148 e. The zero-order valence-electron chi connectivity index (χ0n) is 8.43. The first-order valence-electron chi connectivity index (χ1n) is 4.34. The number of nitrogen functional groups attached to an aromatic ring is 2. The maximum Gasteiger partial charge on any atom is 0.148 e. The number of benzene rings is 1. The molecule has 1 aromatic rings. The molecule has 4 N–H and O–H groups in total. The Balaban J connectivity index is 2.55. The Kier molecular flexibility index (Phi) is 3.87. The summed E-state index contributed by atoms with van der Waals surface area (Å²) >= 11 is 1.46. The molecular weight excluding hydrogens is 232 g/mol. The molecule has 0 aliphatic heterocycles. The van der Waals surface area contributed by atoms with Crippen molar-refractivity contribution in [3.63, 3.8) is 0 Å². The summed E-state index contributed by atoms with van der Waals surface area (Å²) in [6, 6.07) is 5.30. The number of rotatable bonds is 4. The molecular formula is C9H14N2O2S2. The lowest BCUT2D eigenvalue weighted by molar-refractivity contribution is 0.603. The van der Waals surface area contributed by atoms with E-state index in [0.717, 1.165) is 4.90 Å². The Morgan fingerprint density at radius 3 is 2.47 bits per heavy atom. The van der Waals surface area contributed by atoms with Crippen molar-refractivity contribution < 1.29 is 8.42 Å². The Labute approximate surface area is 94.0 Å². The van der Waals surface area contributed by atoms with E-state index in [1.165, 1.54) is 18.0 Å². The first-order chi connectivity index (χ1) is 6.88. The second kappa shape index (κ2) is 4.76. The normalized spacial score (nSPS) is 11.5. The lowest BCUT2D eigenvalue weighted by atomic mass is 10.3. The molecule has 15 heavy (non-hydrogen) atoms. The van der Waals surface area contributed by atoms with Gasteiger partial charge in [0, 0.05) is 16.9 Å². The van der Waals surface area contributed by atoms with Gasteiger partial charge >= 0.3 is 0 Å². The molecule has 1 rings (SSSR count). The van der Waals surface area contributed by atoms with Crippen molar-refractivity contribution in [2.24, 2.45) is 0 Å². The largest absolute Gasteiger partial charge is 0.397 e. The van der Waals surface area contributed by atoms with Crippen LogP contribution in [0.3, 0.4) is 0 Å². The van der Waals surface area contributed by atoms with Gasteiger partial charge in [-0.1, -0.05) is 0 Å². The summed E-state index contributed by atoms with van der Waals surface area (Å²) in [5, 5.41) is 0. The van der Waals surface area contributed by atoms with Crippen LogP contribution in [0.2, 0.25) is 0 Å². The van der Waals surface area contributed by atoms with Crippen LogP contribution in [0.5, 0.6) is 0 Å². The quantitative estimate of drug-likeness (QED) is 0.611. The minimum Gasteiger partial charge on any atom is -0.397 e. The third-order valence-corrected chi connectivity index (χ3v) is 3.98. The molecule has 0 aliphatic carbocycles. The summed E-state index contributed by atoms with van der Waals surface area (Å²) in [5.41, 5.74) is 12.2. The highest BCUT2D eigenvalue weighted by Gasteiger charge is 2.03. The molecule has 0 radical (unpaired) electrons. The van der Waals surface area contributed by atoms with E-state index in [0.29, 0.717) is 17.1 Å². The minimum atomic E-state index is -2.89. The zero-order chi connectivity index (χ0) is 11.5. The number of hydrogen-bond donors (Lipinski definition) is 2. The molecule has 84 valence electrons. The molecule has 1 aromatic carbocycles. The summed E-state index contributed by atoms with van der Waals surface area (Å²) in [5.74, 6) is 0.699. The van der Waals surface area contributed by atoms with Crippen molar-refractivity contribution in [1.82, 2.24) is 0 Å². The maximum atomic E-state index is 10.9. The maximum absolute atomic E-state index is 10.9. The van der Waals surface area contributed by atoms with E-state index in [1.54, 1.807) is 12.1 Å². The number of nitrogens with two attached hydrogens (primary N) is 2. The molecule has 0 atom stereocenters. The Bertz CT molecular complexity index is 443. The van der Waals surface area contributed by atoms with Gasteiger partial charge in [-0.15, -0.1) is 11.8 Å². The van der Waals surface area contributed by atoms with Crippen LogP contribution < -0.4 is 11.5 Å². The van der Waals surface area contributed by atoms with E-state index in [4.69, 9.17) is 11.5 Å². The fraction of sp³-hybridized carbons (Fsp3) is 0.333. The lowest BCUT2D eigenvalue weighted by Crippen LogP contribution is -2.04. The van der Waals surface area contributed by atoms with Crippen LogP contribution in [-0.4, -0.2) is 26.2 Å². The average molecular weight is 246 g/mol. The number of anilines is 2. The van der Waals surface area contributed by atoms with Crippen molar-refractivity contribution in [2.45, 2.75) is 4.90 Å². The van der Waals surface area contributed by atoms with E-state index in [1.807, 2.05) is 6.07 Å². The zero-order valence-corrected chi connectivity index (χ0v) is 10.1. The molecule has 0 saturated heterocycles. The van der Waals surface area contributed by atoms with Gasteiger partial charge in [0.15, 0.2) is 0 Å². The SMILES string of the molecule is CS(=O)(=O)CCSc1ccc(N)c(N)c1. The fourth-order valence-corrected chi connectivity index (χ4v) is 3.11. The molecule has 4 nitrogen and oxygen atoms in total. The van der Waals surface area contributed by atoms with Crippen molar-refractivity contribution in [3.8, 4) is 0 Å². The molecule has 0 bridgehead atoms. The summed E-state index contributed by atoms with van der Waals surface area (Å²) in [4.78, 5) is 0.936. The second-order valence-corrected chi connectivity index (χ2v) is 6.70. The van der Waals surface area contributed by atoms with E-state index in [-0.39, 0.29) is 5.75 Å².